The molecule has 4 aliphatic rings. The number of fused-ring (bicyclic) bond motifs is 5. The van der Waals surface area contributed by atoms with Crippen LogP contribution < -0.4 is 0 Å². The van der Waals surface area contributed by atoms with Crippen molar-refractivity contribution < 1.29 is 9.90 Å². The first-order chi connectivity index (χ1) is 13.8. The molecular weight excluding hydrogens is 424 g/mol. The molecule has 4 saturated carbocycles. The number of carbonyl (C=O) groups is 1. The Morgan fingerprint density at radius 3 is 2.48 bits per heavy atom. The highest BCUT2D eigenvalue weighted by Crippen LogP contribution is 2.66. The standard InChI is InChI=1S/C26H33BrO2/c1-25-12-11-22-20(21(25)9-10-24(25)29)8-5-18-14-23(28)17(15-26(18,22)2)13-16-3-6-19(27)7-4-16/h3-4,6-7,13,18,20-22,24,29H,5,8-12,14-15H2,1-2H3/b17-13-/t18-,20+,21+,22+,24-,25-,26-/m0/s1. The molecule has 0 aromatic heterocycles. The van der Waals surface area contributed by atoms with Gasteiger partial charge in [-0.15, -0.1) is 0 Å². The number of hydrogen-bond donors (Lipinski definition) is 1. The predicted octanol–water partition coefficient (Wildman–Crippen LogP) is 6.42. The normalized spacial score (nSPS) is 45.6. The molecule has 5 rings (SSSR count). The van der Waals surface area contributed by atoms with Crippen LogP contribution in [0.4, 0.5) is 0 Å². The highest BCUT2D eigenvalue weighted by atomic mass is 79.9. The number of hydrogen-bond acceptors (Lipinski definition) is 2. The highest BCUT2D eigenvalue weighted by molar-refractivity contribution is 9.10. The van der Waals surface area contributed by atoms with E-state index in [1.807, 2.05) is 12.1 Å². The summed E-state index contributed by atoms with van der Waals surface area (Å²) < 4.78 is 1.07. The first-order valence-electron chi connectivity index (χ1n) is 11.5. The predicted molar refractivity (Wildman–Crippen MR) is 120 cm³/mol. The molecule has 0 heterocycles. The Bertz CT molecular complexity index is 843. The van der Waals surface area contributed by atoms with Crippen molar-refractivity contribution in [3.63, 3.8) is 0 Å². The zero-order valence-electron chi connectivity index (χ0n) is 17.7. The van der Waals surface area contributed by atoms with E-state index in [9.17, 15) is 9.90 Å². The molecule has 1 aromatic carbocycles. The third-order valence-corrected chi connectivity index (χ3v) is 10.1. The molecule has 4 aliphatic carbocycles. The number of allylic oxidation sites excluding steroid dienone is 1. The largest absolute Gasteiger partial charge is 0.393 e. The van der Waals surface area contributed by atoms with Gasteiger partial charge in [0, 0.05) is 10.9 Å². The maximum atomic E-state index is 13.0. The summed E-state index contributed by atoms with van der Waals surface area (Å²) in [6, 6.07) is 8.28. The van der Waals surface area contributed by atoms with Gasteiger partial charge in [0.05, 0.1) is 6.10 Å². The maximum Gasteiger partial charge on any atom is 0.159 e. The van der Waals surface area contributed by atoms with Crippen molar-refractivity contribution >= 4 is 27.8 Å². The van der Waals surface area contributed by atoms with E-state index in [-0.39, 0.29) is 16.9 Å². The van der Waals surface area contributed by atoms with Gasteiger partial charge in [-0.2, -0.15) is 0 Å². The second-order valence-electron chi connectivity index (χ2n) is 10.8. The van der Waals surface area contributed by atoms with Crippen molar-refractivity contribution in [1.29, 1.82) is 0 Å². The van der Waals surface area contributed by atoms with E-state index in [1.54, 1.807) is 0 Å². The van der Waals surface area contributed by atoms with Crippen molar-refractivity contribution in [2.75, 3.05) is 0 Å². The SMILES string of the molecule is C[C@]12C/C(=C/c3ccc(Br)cc3)C(=O)C[C@@H]1CC[C@H]1[C@H]2CC[C@@]2(C)[C@@H]1CC[C@@H]2O. The third-order valence-electron chi connectivity index (χ3n) is 9.59. The number of benzene rings is 1. The van der Waals surface area contributed by atoms with Crippen molar-refractivity contribution in [1.82, 2.24) is 0 Å². The van der Waals surface area contributed by atoms with Gasteiger partial charge < -0.3 is 5.11 Å². The van der Waals surface area contributed by atoms with Crippen molar-refractivity contribution in [2.45, 2.75) is 71.3 Å². The number of aliphatic hydroxyl groups is 1. The molecule has 0 radical (unpaired) electrons. The van der Waals surface area contributed by atoms with Gasteiger partial charge >= 0.3 is 0 Å². The quantitative estimate of drug-likeness (QED) is 0.495. The van der Waals surface area contributed by atoms with Crippen LogP contribution in [0.5, 0.6) is 0 Å². The van der Waals surface area contributed by atoms with Crippen molar-refractivity contribution in [2.24, 2.45) is 34.5 Å². The molecular formula is C26H33BrO2. The van der Waals surface area contributed by atoms with Gasteiger partial charge in [0.15, 0.2) is 5.78 Å². The van der Waals surface area contributed by atoms with Crippen LogP contribution in [0.3, 0.4) is 0 Å². The molecule has 1 aromatic rings. The third kappa shape index (κ3) is 3.10. The van der Waals surface area contributed by atoms with E-state index in [2.05, 4.69) is 48.0 Å². The lowest BCUT2D eigenvalue weighted by Crippen LogP contribution is -2.54. The lowest BCUT2D eigenvalue weighted by atomic mass is 9.45. The first kappa shape index (κ1) is 20.0. The minimum atomic E-state index is -0.111. The molecule has 1 N–H and O–H groups in total. The van der Waals surface area contributed by atoms with Gasteiger partial charge in [-0.25, -0.2) is 0 Å². The number of carbonyl (C=O) groups excluding carboxylic acids is 1. The van der Waals surface area contributed by atoms with Crippen LogP contribution in [0, 0.1) is 34.5 Å². The number of Topliss-reactive ketones (excluding diaryl/α,β-unsaturated/α-hetero) is 1. The highest BCUT2D eigenvalue weighted by Gasteiger charge is 2.60. The number of aliphatic hydroxyl groups excluding tert-OH is 1. The molecule has 29 heavy (non-hydrogen) atoms. The Hall–Kier alpha value is -0.930. The minimum absolute atomic E-state index is 0.111. The lowest BCUT2D eigenvalue weighted by molar-refractivity contribution is -0.134. The Kier molecular flexibility index (Phi) is 4.86. The lowest BCUT2D eigenvalue weighted by Gasteiger charge is -2.60. The van der Waals surface area contributed by atoms with Crippen LogP contribution in [-0.4, -0.2) is 17.0 Å². The summed E-state index contributed by atoms with van der Waals surface area (Å²) in [4.78, 5) is 13.0. The molecule has 0 aliphatic heterocycles. The van der Waals surface area contributed by atoms with E-state index in [4.69, 9.17) is 0 Å². The van der Waals surface area contributed by atoms with Crippen LogP contribution in [0.2, 0.25) is 0 Å². The Morgan fingerprint density at radius 1 is 1.00 bits per heavy atom. The van der Waals surface area contributed by atoms with Gasteiger partial charge in [0.1, 0.15) is 0 Å². The van der Waals surface area contributed by atoms with E-state index in [0.717, 1.165) is 47.2 Å². The fourth-order valence-electron chi connectivity index (χ4n) is 7.87. The summed E-state index contributed by atoms with van der Waals surface area (Å²) in [5, 5.41) is 10.7. The average molecular weight is 457 g/mol. The number of halogens is 1. The molecule has 0 bridgehead atoms. The maximum absolute atomic E-state index is 13.0. The second kappa shape index (κ2) is 7.05. The van der Waals surface area contributed by atoms with Gasteiger partial charge in [0.25, 0.3) is 0 Å². The molecule has 156 valence electrons. The van der Waals surface area contributed by atoms with Crippen LogP contribution in [0.25, 0.3) is 6.08 Å². The molecule has 2 nitrogen and oxygen atoms in total. The fourth-order valence-corrected chi connectivity index (χ4v) is 8.14. The smallest absolute Gasteiger partial charge is 0.159 e. The minimum Gasteiger partial charge on any atom is -0.393 e. The fraction of sp³-hybridized carbons (Fsp3) is 0.654. The van der Waals surface area contributed by atoms with Gasteiger partial charge in [-0.05, 0) is 109 Å². The Morgan fingerprint density at radius 2 is 1.72 bits per heavy atom. The molecule has 0 saturated heterocycles. The number of ketones is 1. The molecule has 0 amide bonds. The zero-order chi connectivity index (χ0) is 20.4. The van der Waals surface area contributed by atoms with E-state index < -0.39 is 0 Å². The molecule has 0 spiro atoms. The summed E-state index contributed by atoms with van der Waals surface area (Å²) in [6.07, 6.45) is 10.7. The first-order valence-corrected chi connectivity index (χ1v) is 12.3. The summed E-state index contributed by atoms with van der Waals surface area (Å²) in [5.74, 6) is 3.01. The topological polar surface area (TPSA) is 37.3 Å². The second-order valence-corrected chi connectivity index (χ2v) is 11.7. The van der Waals surface area contributed by atoms with Crippen LogP contribution in [0.1, 0.15) is 70.8 Å². The van der Waals surface area contributed by atoms with E-state index in [1.165, 1.54) is 25.7 Å². The van der Waals surface area contributed by atoms with Crippen LogP contribution >= 0.6 is 15.9 Å². The Balaban J connectivity index is 1.45. The molecule has 3 heteroatoms. The van der Waals surface area contributed by atoms with Crippen molar-refractivity contribution in [3.05, 3.63) is 39.9 Å². The summed E-state index contributed by atoms with van der Waals surface area (Å²) in [5.41, 5.74) is 2.52. The van der Waals surface area contributed by atoms with Crippen LogP contribution in [-0.2, 0) is 4.79 Å². The monoisotopic (exact) mass is 456 g/mol. The average Bonchev–Trinajstić information content (AvgIpc) is 3.00. The Labute approximate surface area is 183 Å². The summed E-state index contributed by atoms with van der Waals surface area (Å²) in [7, 11) is 0. The number of rotatable bonds is 1. The van der Waals surface area contributed by atoms with E-state index in [0.29, 0.717) is 23.5 Å². The van der Waals surface area contributed by atoms with Gasteiger partial charge in [0.2, 0.25) is 0 Å². The van der Waals surface area contributed by atoms with Gasteiger partial charge in [-0.3, -0.25) is 4.79 Å². The summed E-state index contributed by atoms with van der Waals surface area (Å²) in [6.45, 7) is 4.84. The van der Waals surface area contributed by atoms with Gasteiger partial charge in [-0.1, -0.05) is 41.9 Å². The van der Waals surface area contributed by atoms with E-state index >= 15 is 0 Å². The zero-order valence-corrected chi connectivity index (χ0v) is 19.2. The molecule has 4 fully saturated rings. The molecule has 7 atom stereocenters. The molecule has 0 unspecified atom stereocenters. The summed E-state index contributed by atoms with van der Waals surface area (Å²) >= 11 is 3.50. The van der Waals surface area contributed by atoms with Crippen LogP contribution in [0.15, 0.2) is 34.3 Å². The van der Waals surface area contributed by atoms with Crippen molar-refractivity contribution in [3.8, 4) is 0 Å².